The lowest BCUT2D eigenvalue weighted by Gasteiger charge is -2.31. The van der Waals surface area contributed by atoms with Crippen molar-refractivity contribution in [2.75, 3.05) is 19.7 Å². The van der Waals surface area contributed by atoms with Crippen LogP contribution in [0.15, 0.2) is 53.4 Å². The van der Waals surface area contributed by atoms with Crippen molar-refractivity contribution in [1.29, 1.82) is 0 Å². The largest absolute Gasteiger partial charge is 0.483 e. The van der Waals surface area contributed by atoms with Crippen LogP contribution in [0.3, 0.4) is 0 Å². The van der Waals surface area contributed by atoms with Gasteiger partial charge in [0.05, 0.1) is 4.90 Å². The Morgan fingerprint density at radius 1 is 1.10 bits per heavy atom. The lowest BCUT2D eigenvalue weighted by atomic mass is 10.0. The van der Waals surface area contributed by atoms with Gasteiger partial charge < -0.3 is 10.1 Å². The number of carbonyl (C=O) groups excluding carboxylic acids is 1. The van der Waals surface area contributed by atoms with Gasteiger partial charge in [-0.05, 0) is 49.4 Å². The summed E-state index contributed by atoms with van der Waals surface area (Å²) in [4.78, 5) is 12.6. The van der Waals surface area contributed by atoms with E-state index < -0.39 is 10.0 Å². The van der Waals surface area contributed by atoms with Crippen LogP contribution in [-0.4, -0.2) is 44.4 Å². The highest BCUT2D eigenvalue weighted by Gasteiger charge is 2.29. The van der Waals surface area contributed by atoms with E-state index in [9.17, 15) is 13.2 Å². The molecule has 2 aromatic carbocycles. The first kappa shape index (κ1) is 22.3. The molecule has 3 rings (SSSR count). The van der Waals surface area contributed by atoms with Crippen molar-refractivity contribution < 1.29 is 17.9 Å². The first-order valence-electron chi connectivity index (χ1n) is 10.4. The quantitative estimate of drug-likeness (QED) is 0.730. The van der Waals surface area contributed by atoms with Gasteiger partial charge in [-0.3, -0.25) is 4.79 Å². The molecule has 1 heterocycles. The van der Waals surface area contributed by atoms with E-state index in [1.54, 1.807) is 24.3 Å². The van der Waals surface area contributed by atoms with Gasteiger partial charge in [0.2, 0.25) is 10.0 Å². The lowest BCUT2D eigenvalue weighted by Crippen LogP contribution is -2.47. The average molecular weight is 431 g/mol. The van der Waals surface area contributed by atoms with Gasteiger partial charge in [-0.2, -0.15) is 4.31 Å². The van der Waals surface area contributed by atoms with Crippen molar-refractivity contribution >= 4 is 15.9 Å². The maximum atomic E-state index is 12.8. The van der Waals surface area contributed by atoms with E-state index in [1.807, 2.05) is 31.2 Å². The molecule has 1 amide bonds. The Morgan fingerprint density at radius 2 is 1.73 bits per heavy atom. The summed E-state index contributed by atoms with van der Waals surface area (Å²) in [6.07, 6.45) is 1.17. The molecule has 1 aliphatic rings. The first-order chi connectivity index (χ1) is 14.3. The number of aryl methyl sites for hydroxylation is 1. The topological polar surface area (TPSA) is 75.7 Å². The Hall–Kier alpha value is -2.38. The highest BCUT2D eigenvalue weighted by Crippen LogP contribution is 2.26. The minimum absolute atomic E-state index is 0.0500. The molecule has 0 atom stereocenters. The summed E-state index contributed by atoms with van der Waals surface area (Å²) in [5.41, 5.74) is 2.09. The molecule has 0 spiro atoms. The minimum Gasteiger partial charge on any atom is -0.483 e. The molecule has 1 fully saturated rings. The van der Waals surface area contributed by atoms with Crippen molar-refractivity contribution in [2.24, 2.45) is 0 Å². The fourth-order valence-electron chi connectivity index (χ4n) is 3.60. The fraction of sp³-hybridized carbons (Fsp3) is 0.435. The summed E-state index contributed by atoms with van der Waals surface area (Å²) in [5.74, 6) is 0.846. The molecule has 162 valence electrons. The number of hydrogen-bond donors (Lipinski definition) is 1. The van der Waals surface area contributed by atoms with Gasteiger partial charge in [0, 0.05) is 19.1 Å². The highest BCUT2D eigenvalue weighted by molar-refractivity contribution is 7.89. The summed E-state index contributed by atoms with van der Waals surface area (Å²) in [6, 6.07) is 14.6. The number of ether oxygens (including phenoxy) is 1. The number of piperidine rings is 1. The molecular formula is C23H30N2O4S. The van der Waals surface area contributed by atoms with E-state index in [-0.39, 0.29) is 18.6 Å². The van der Waals surface area contributed by atoms with Crippen LogP contribution >= 0.6 is 0 Å². The lowest BCUT2D eigenvalue weighted by molar-refractivity contribution is -0.124. The SMILES string of the molecule is Cc1ccc(S(=O)(=O)N2CCC(NC(=O)COc3ccccc3C(C)C)CC2)cc1. The van der Waals surface area contributed by atoms with E-state index in [0.717, 1.165) is 16.9 Å². The Kier molecular flexibility index (Phi) is 7.15. The molecule has 1 aliphatic heterocycles. The van der Waals surface area contributed by atoms with Gasteiger partial charge in [-0.15, -0.1) is 0 Å². The maximum Gasteiger partial charge on any atom is 0.258 e. The van der Waals surface area contributed by atoms with Gasteiger partial charge in [-0.1, -0.05) is 49.7 Å². The molecule has 30 heavy (non-hydrogen) atoms. The van der Waals surface area contributed by atoms with Crippen LogP contribution in [0.1, 0.15) is 43.7 Å². The van der Waals surface area contributed by atoms with Crippen molar-refractivity contribution in [3.63, 3.8) is 0 Å². The number of rotatable bonds is 7. The molecule has 0 unspecified atom stereocenters. The van der Waals surface area contributed by atoms with Crippen LogP contribution in [0, 0.1) is 6.92 Å². The summed E-state index contributed by atoms with van der Waals surface area (Å²) < 4.78 is 32.8. The second-order valence-electron chi connectivity index (χ2n) is 8.04. The normalized spacial score (nSPS) is 15.9. The van der Waals surface area contributed by atoms with Gasteiger partial charge >= 0.3 is 0 Å². The third-order valence-electron chi connectivity index (χ3n) is 5.38. The zero-order valence-electron chi connectivity index (χ0n) is 17.8. The van der Waals surface area contributed by atoms with Crippen LogP contribution in [0.2, 0.25) is 0 Å². The molecule has 0 aromatic heterocycles. The number of sulfonamides is 1. The van der Waals surface area contributed by atoms with Gasteiger partial charge in [0.1, 0.15) is 5.75 Å². The van der Waals surface area contributed by atoms with Crippen LogP contribution in [-0.2, 0) is 14.8 Å². The molecule has 6 nitrogen and oxygen atoms in total. The van der Waals surface area contributed by atoms with Gasteiger partial charge in [0.25, 0.3) is 5.91 Å². The second-order valence-corrected chi connectivity index (χ2v) is 9.98. The third kappa shape index (κ3) is 5.40. The van der Waals surface area contributed by atoms with Crippen LogP contribution < -0.4 is 10.1 Å². The van der Waals surface area contributed by atoms with Gasteiger partial charge in [0.15, 0.2) is 6.61 Å². The van der Waals surface area contributed by atoms with E-state index >= 15 is 0 Å². The van der Waals surface area contributed by atoms with Crippen molar-refractivity contribution in [2.45, 2.75) is 50.5 Å². The summed E-state index contributed by atoms with van der Waals surface area (Å²) in [5, 5.41) is 2.97. The number of amides is 1. The molecule has 0 bridgehead atoms. The Bertz CT molecular complexity index is 963. The number of nitrogens with one attached hydrogen (secondary N) is 1. The molecule has 1 saturated heterocycles. The molecule has 2 aromatic rings. The zero-order chi connectivity index (χ0) is 21.7. The Labute approximate surface area is 179 Å². The number of benzene rings is 2. The zero-order valence-corrected chi connectivity index (χ0v) is 18.6. The number of nitrogens with zero attached hydrogens (tertiary/aromatic N) is 1. The summed E-state index contributed by atoms with van der Waals surface area (Å²) in [6.45, 7) is 6.82. The second kappa shape index (κ2) is 9.62. The highest BCUT2D eigenvalue weighted by atomic mass is 32.2. The molecular weight excluding hydrogens is 400 g/mol. The Morgan fingerprint density at radius 3 is 2.37 bits per heavy atom. The van der Waals surface area contributed by atoms with Crippen molar-refractivity contribution in [3.8, 4) is 5.75 Å². The van der Waals surface area contributed by atoms with E-state index in [1.165, 1.54) is 4.31 Å². The average Bonchev–Trinajstić information content (AvgIpc) is 2.73. The van der Waals surface area contributed by atoms with Crippen molar-refractivity contribution in [3.05, 3.63) is 59.7 Å². The molecule has 1 N–H and O–H groups in total. The smallest absolute Gasteiger partial charge is 0.258 e. The monoisotopic (exact) mass is 430 g/mol. The molecule has 7 heteroatoms. The van der Waals surface area contributed by atoms with E-state index in [4.69, 9.17) is 4.74 Å². The molecule has 0 saturated carbocycles. The van der Waals surface area contributed by atoms with Gasteiger partial charge in [-0.25, -0.2) is 8.42 Å². The summed E-state index contributed by atoms with van der Waals surface area (Å²) >= 11 is 0. The number of hydrogen-bond acceptors (Lipinski definition) is 4. The van der Waals surface area contributed by atoms with Crippen molar-refractivity contribution in [1.82, 2.24) is 9.62 Å². The van der Waals surface area contributed by atoms with Crippen LogP contribution in [0.25, 0.3) is 0 Å². The van der Waals surface area contributed by atoms with Crippen LogP contribution in [0.5, 0.6) is 5.75 Å². The predicted octanol–water partition coefficient (Wildman–Crippen LogP) is 3.47. The van der Waals surface area contributed by atoms with Crippen LogP contribution in [0.4, 0.5) is 0 Å². The Balaban J connectivity index is 1.50. The maximum absolute atomic E-state index is 12.8. The first-order valence-corrected chi connectivity index (χ1v) is 11.8. The van der Waals surface area contributed by atoms with E-state index in [0.29, 0.717) is 36.7 Å². The molecule has 0 radical (unpaired) electrons. The third-order valence-corrected chi connectivity index (χ3v) is 7.29. The minimum atomic E-state index is -3.49. The molecule has 0 aliphatic carbocycles. The predicted molar refractivity (Wildman–Crippen MR) is 117 cm³/mol. The fourth-order valence-corrected chi connectivity index (χ4v) is 5.07. The van der Waals surface area contributed by atoms with E-state index in [2.05, 4.69) is 19.2 Å². The number of carbonyl (C=O) groups is 1. The number of para-hydroxylation sites is 1. The summed E-state index contributed by atoms with van der Waals surface area (Å²) in [7, 11) is -3.49. The standard InChI is InChI=1S/C23H30N2O4S/c1-17(2)21-6-4-5-7-22(21)29-16-23(26)24-19-12-14-25(15-13-19)30(27,28)20-10-8-18(3)9-11-20/h4-11,17,19H,12-16H2,1-3H3,(H,24,26).